The van der Waals surface area contributed by atoms with Gasteiger partial charge >= 0.3 is 0 Å². The highest BCUT2D eigenvalue weighted by Crippen LogP contribution is 2.37. The maximum Gasteiger partial charge on any atom is 0.265 e. The van der Waals surface area contributed by atoms with Gasteiger partial charge < -0.3 is 24.3 Å². The van der Waals surface area contributed by atoms with Gasteiger partial charge in [0.05, 0.1) is 45.1 Å². The highest BCUT2D eigenvalue weighted by Gasteiger charge is 2.31. The van der Waals surface area contributed by atoms with E-state index >= 15 is 0 Å². The summed E-state index contributed by atoms with van der Waals surface area (Å²) in [4.78, 5) is 13.0. The number of nitrogens with one attached hydrogen (secondary N) is 1. The Morgan fingerprint density at radius 2 is 1.47 bits per heavy atom. The van der Waals surface area contributed by atoms with Crippen LogP contribution in [0.2, 0.25) is 0 Å². The van der Waals surface area contributed by atoms with Crippen molar-refractivity contribution in [2.24, 2.45) is 0 Å². The molecule has 0 saturated heterocycles. The normalized spacial score (nSPS) is 11.8. The fourth-order valence-electron chi connectivity index (χ4n) is 3.64. The molecular formula is C26H30N2O7S. The number of amides is 1. The van der Waals surface area contributed by atoms with E-state index < -0.39 is 22.5 Å². The first kappa shape index (κ1) is 26.7. The van der Waals surface area contributed by atoms with Gasteiger partial charge in [0, 0.05) is 12.1 Å². The third-order valence-corrected chi connectivity index (χ3v) is 7.32. The van der Waals surface area contributed by atoms with Crippen LogP contribution in [-0.4, -0.2) is 49.3 Å². The fourth-order valence-corrected chi connectivity index (χ4v) is 5.08. The lowest BCUT2D eigenvalue weighted by atomic mass is 10.1. The van der Waals surface area contributed by atoms with Gasteiger partial charge in [0.15, 0.2) is 11.5 Å². The molecule has 0 saturated carbocycles. The Morgan fingerprint density at radius 3 is 2.08 bits per heavy atom. The summed E-state index contributed by atoms with van der Waals surface area (Å²) in [5.74, 6) is 0.759. The van der Waals surface area contributed by atoms with Crippen molar-refractivity contribution in [2.45, 2.75) is 17.9 Å². The minimum absolute atomic E-state index is 0.0890. The lowest BCUT2D eigenvalue weighted by Crippen LogP contribution is -2.41. The van der Waals surface area contributed by atoms with Crippen LogP contribution in [0.5, 0.6) is 23.0 Å². The van der Waals surface area contributed by atoms with Crippen LogP contribution in [0.1, 0.15) is 18.5 Å². The molecule has 10 heteroatoms. The molecule has 3 aromatic carbocycles. The van der Waals surface area contributed by atoms with E-state index in [2.05, 4.69) is 5.32 Å². The van der Waals surface area contributed by atoms with Crippen molar-refractivity contribution >= 4 is 21.6 Å². The van der Waals surface area contributed by atoms with Crippen molar-refractivity contribution in [3.63, 3.8) is 0 Å². The molecule has 0 radical (unpaired) electrons. The Bertz CT molecular complexity index is 1300. The SMILES string of the molecule is COc1ccc(OC)c(N(CC(=O)NC(C)c2ccccc2)S(=O)(=O)c2ccc(OC)c(OC)c2)c1. The van der Waals surface area contributed by atoms with Gasteiger partial charge in [-0.1, -0.05) is 30.3 Å². The smallest absolute Gasteiger partial charge is 0.265 e. The van der Waals surface area contributed by atoms with Crippen LogP contribution in [0.15, 0.2) is 71.6 Å². The van der Waals surface area contributed by atoms with E-state index in [9.17, 15) is 13.2 Å². The molecule has 3 rings (SSSR count). The summed E-state index contributed by atoms with van der Waals surface area (Å²) < 4.78 is 50.1. The van der Waals surface area contributed by atoms with Crippen LogP contribution >= 0.6 is 0 Å². The average molecular weight is 515 g/mol. The number of nitrogens with zero attached hydrogens (tertiary/aromatic N) is 1. The molecule has 0 fully saturated rings. The van der Waals surface area contributed by atoms with Crippen molar-refractivity contribution in [1.29, 1.82) is 0 Å². The average Bonchev–Trinajstić information content (AvgIpc) is 2.91. The molecule has 0 spiro atoms. The number of anilines is 1. The quantitative estimate of drug-likeness (QED) is 0.415. The second-order valence-corrected chi connectivity index (χ2v) is 9.63. The third kappa shape index (κ3) is 5.83. The van der Waals surface area contributed by atoms with Gasteiger partial charge in [-0.25, -0.2) is 8.42 Å². The molecule has 0 aliphatic heterocycles. The van der Waals surface area contributed by atoms with E-state index in [1.54, 1.807) is 12.1 Å². The first-order chi connectivity index (χ1) is 17.2. The zero-order valence-electron chi connectivity index (χ0n) is 20.8. The van der Waals surface area contributed by atoms with Gasteiger partial charge in [-0.3, -0.25) is 9.10 Å². The number of ether oxygens (including phenoxy) is 4. The van der Waals surface area contributed by atoms with Gasteiger partial charge in [0.2, 0.25) is 5.91 Å². The molecule has 0 aliphatic carbocycles. The van der Waals surface area contributed by atoms with Gasteiger partial charge in [0.1, 0.15) is 18.0 Å². The Hall–Kier alpha value is -3.92. The molecule has 3 aromatic rings. The molecule has 0 aliphatic rings. The summed E-state index contributed by atoms with van der Waals surface area (Å²) in [7, 11) is 1.49. The fraction of sp³-hybridized carbons (Fsp3) is 0.269. The second kappa shape index (κ2) is 11.7. The maximum absolute atomic E-state index is 13.9. The summed E-state index contributed by atoms with van der Waals surface area (Å²) in [6, 6.07) is 18.0. The standard InChI is InChI=1S/C26H30N2O7S/c1-18(19-9-7-6-8-10-19)27-26(29)17-28(22-15-20(32-2)11-13-23(22)33-3)36(30,31)21-12-14-24(34-4)25(16-21)35-5/h6-16,18H,17H2,1-5H3,(H,27,29). The van der Waals surface area contributed by atoms with Crippen LogP contribution in [0.3, 0.4) is 0 Å². The van der Waals surface area contributed by atoms with Crippen molar-refractivity contribution in [3.05, 3.63) is 72.3 Å². The predicted octanol–water partition coefficient (Wildman–Crippen LogP) is 3.79. The van der Waals surface area contributed by atoms with Gasteiger partial charge in [-0.2, -0.15) is 0 Å². The molecule has 1 amide bonds. The largest absolute Gasteiger partial charge is 0.497 e. The van der Waals surface area contributed by atoms with E-state index in [4.69, 9.17) is 18.9 Å². The Kier molecular flexibility index (Phi) is 8.65. The Labute approximate surface area is 211 Å². The summed E-state index contributed by atoms with van der Waals surface area (Å²) >= 11 is 0. The van der Waals surface area contributed by atoms with Crippen LogP contribution in [-0.2, 0) is 14.8 Å². The number of hydrogen-bond acceptors (Lipinski definition) is 7. The topological polar surface area (TPSA) is 103 Å². The molecule has 192 valence electrons. The number of sulfonamides is 1. The van der Waals surface area contributed by atoms with Crippen LogP contribution in [0, 0.1) is 0 Å². The number of carbonyl (C=O) groups is 1. The van der Waals surface area contributed by atoms with Crippen molar-refractivity contribution in [3.8, 4) is 23.0 Å². The third-order valence-electron chi connectivity index (χ3n) is 5.56. The van der Waals surface area contributed by atoms with E-state index in [0.29, 0.717) is 11.5 Å². The molecule has 0 bridgehead atoms. The van der Waals surface area contributed by atoms with Crippen LogP contribution in [0.4, 0.5) is 5.69 Å². The lowest BCUT2D eigenvalue weighted by Gasteiger charge is -2.27. The molecular weight excluding hydrogens is 484 g/mol. The number of rotatable bonds is 11. The van der Waals surface area contributed by atoms with Crippen molar-refractivity contribution in [2.75, 3.05) is 39.3 Å². The van der Waals surface area contributed by atoms with E-state index in [1.807, 2.05) is 37.3 Å². The van der Waals surface area contributed by atoms with E-state index in [0.717, 1.165) is 9.87 Å². The van der Waals surface area contributed by atoms with Gasteiger partial charge in [0.25, 0.3) is 10.0 Å². The minimum Gasteiger partial charge on any atom is -0.497 e. The number of carbonyl (C=O) groups excluding carboxylic acids is 1. The minimum atomic E-state index is -4.26. The van der Waals surface area contributed by atoms with Gasteiger partial charge in [-0.15, -0.1) is 0 Å². The molecule has 0 heterocycles. The monoisotopic (exact) mass is 514 g/mol. The van der Waals surface area contributed by atoms with Crippen LogP contribution in [0.25, 0.3) is 0 Å². The first-order valence-electron chi connectivity index (χ1n) is 11.1. The highest BCUT2D eigenvalue weighted by atomic mass is 32.2. The molecule has 1 N–H and O–H groups in total. The Morgan fingerprint density at radius 1 is 0.833 bits per heavy atom. The number of hydrogen-bond donors (Lipinski definition) is 1. The van der Waals surface area contributed by atoms with Gasteiger partial charge in [-0.05, 0) is 36.8 Å². The Balaban J connectivity index is 2.06. The summed E-state index contributed by atoms with van der Waals surface area (Å²) in [5.41, 5.74) is 1.04. The second-order valence-electron chi connectivity index (χ2n) is 7.77. The van der Waals surface area contributed by atoms with E-state index in [1.165, 1.54) is 52.7 Å². The molecule has 1 atom stereocenters. The summed E-state index contributed by atoms with van der Waals surface area (Å²) in [6.07, 6.45) is 0. The number of methoxy groups -OCH3 is 4. The predicted molar refractivity (Wildman–Crippen MR) is 137 cm³/mol. The van der Waals surface area contributed by atoms with Crippen LogP contribution < -0.4 is 28.6 Å². The van der Waals surface area contributed by atoms with E-state index in [-0.39, 0.29) is 28.1 Å². The van der Waals surface area contributed by atoms with Crippen molar-refractivity contribution in [1.82, 2.24) is 5.32 Å². The number of benzene rings is 3. The molecule has 9 nitrogen and oxygen atoms in total. The summed E-state index contributed by atoms with van der Waals surface area (Å²) in [5, 5.41) is 2.87. The summed E-state index contributed by atoms with van der Waals surface area (Å²) in [6.45, 7) is 1.32. The lowest BCUT2D eigenvalue weighted by molar-refractivity contribution is -0.120. The zero-order chi connectivity index (χ0) is 26.3. The molecule has 0 aromatic heterocycles. The highest BCUT2D eigenvalue weighted by molar-refractivity contribution is 7.92. The molecule has 36 heavy (non-hydrogen) atoms. The first-order valence-corrected chi connectivity index (χ1v) is 12.5. The zero-order valence-corrected chi connectivity index (χ0v) is 21.7. The maximum atomic E-state index is 13.9. The van der Waals surface area contributed by atoms with Crippen molar-refractivity contribution < 1.29 is 32.2 Å². The molecule has 1 unspecified atom stereocenters.